The summed E-state index contributed by atoms with van der Waals surface area (Å²) in [5.74, 6) is 0.979. The molecule has 3 aliphatic heterocycles. The quantitative estimate of drug-likeness (QED) is 0.281. The predicted molar refractivity (Wildman–Crippen MR) is 177 cm³/mol. The van der Waals surface area contributed by atoms with Gasteiger partial charge in [-0.1, -0.05) is 38.1 Å². The fourth-order valence-corrected chi connectivity index (χ4v) is 6.96. The van der Waals surface area contributed by atoms with Crippen molar-refractivity contribution >= 4 is 40.4 Å². The van der Waals surface area contributed by atoms with Crippen LogP contribution in [0.15, 0.2) is 41.5 Å². The van der Waals surface area contributed by atoms with Crippen LogP contribution in [0.5, 0.6) is 11.5 Å². The Balaban J connectivity index is 1.35. The number of benzene rings is 2. The molecule has 0 radical (unpaired) electrons. The van der Waals surface area contributed by atoms with Crippen molar-refractivity contribution in [2.24, 2.45) is 5.10 Å². The van der Waals surface area contributed by atoms with Crippen molar-refractivity contribution in [3.05, 3.63) is 53.1 Å². The second-order valence-corrected chi connectivity index (χ2v) is 13.6. The van der Waals surface area contributed by atoms with E-state index >= 15 is 0 Å². The summed E-state index contributed by atoms with van der Waals surface area (Å²) in [5, 5.41) is 4.64. The number of thioether (sulfide) groups is 1. The Morgan fingerprint density at radius 2 is 1.82 bits per heavy atom. The highest BCUT2D eigenvalue weighted by atomic mass is 32.2. The van der Waals surface area contributed by atoms with E-state index in [1.165, 1.54) is 19.3 Å². The fraction of sp³-hybridized carbons (Fsp3) is 0.529. The Labute approximate surface area is 270 Å². The molecule has 3 amide bonds. The number of hydrogen-bond acceptors (Lipinski definition) is 9. The lowest BCUT2D eigenvalue weighted by Crippen LogP contribution is -2.41. The number of anilines is 1. The molecule has 5 rings (SSSR count). The number of carbonyl (C=O) groups is 3. The first-order valence-corrected chi connectivity index (χ1v) is 16.8. The second-order valence-electron chi connectivity index (χ2n) is 12.3. The fourth-order valence-electron chi connectivity index (χ4n) is 6.15. The standard InChI is InChI=1S/C34H44N4O6S/c1-6-43-28-14-12-25(22-29(28)42-5)31(39)37-19-15-34(3,4)26-21-24(11-13-27(26)37)30-23(2)45-33(41)38(35-30)32(40)44-20-10-18-36-16-8-7-9-17-36/h11-14,21-23H,6-10,15-20H2,1-5H3. The monoisotopic (exact) mass is 636 g/mol. The van der Waals surface area contributed by atoms with Crippen molar-refractivity contribution < 1.29 is 28.6 Å². The molecule has 1 fully saturated rings. The van der Waals surface area contributed by atoms with Crippen molar-refractivity contribution in [1.29, 1.82) is 0 Å². The number of hydrazone groups is 1. The summed E-state index contributed by atoms with van der Waals surface area (Å²) >= 11 is 1.05. The molecule has 1 unspecified atom stereocenters. The smallest absolute Gasteiger partial charge is 0.438 e. The van der Waals surface area contributed by atoms with Crippen LogP contribution < -0.4 is 14.4 Å². The first-order valence-electron chi connectivity index (χ1n) is 15.9. The number of ether oxygens (including phenoxy) is 3. The number of amides is 3. The molecule has 0 saturated carbocycles. The minimum atomic E-state index is -0.753. The zero-order valence-corrected chi connectivity index (χ0v) is 27.8. The number of nitrogens with zero attached hydrogens (tertiary/aromatic N) is 4. The third-order valence-corrected chi connectivity index (χ3v) is 9.69. The highest BCUT2D eigenvalue weighted by molar-refractivity contribution is 8.14. The SMILES string of the molecule is CCOc1ccc(C(=O)N2CCC(C)(C)c3cc(C4=NN(C(=O)OCCCN5CCCCC5)C(=O)SC4C)ccc32)cc1OC. The molecule has 0 spiro atoms. The molecule has 2 aromatic carbocycles. The van der Waals surface area contributed by atoms with Crippen LogP contribution in [0.4, 0.5) is 15.3 Å². The highest BCUT2D eigenvalue weighted by Gasteiger charge is 2.37. The zero-order chi connectivity index (χ0) is 32.1. The van der Waals surface area contributed by atoms with E-state index in [0.717, 1.165) is 59.6 Å². The van der Waals surface area contributed by atoms with E-state index in [1.54, 1.807) is 30.2 Å². The molecule has 11 heteroatoms. The molecule has 45 heavy (non-hydrogen) atoms. The summed E-state index contributed by atoms with van der Waals surface area (Å²) in [6.45, 7) is 12.5. The number of methoxy groups -OCH3 is 1. The average molecular weight is 637 g/mol. The number of carbonyl (C=O) groups excluding carboxylic acids is 3. The Kier molecular flexibility index (Phi) is 10.4. The van der Waals surface area contributed by atoms with Gasteiger partial charge in [0.05, 0.1) is 31.3 Å². The van der Waals surface area contributed by atoms with Crippen molar-refractivity contribution in [2.45, 2.75) is 70.5 Å². The van der Waals surface area contributed by atoms with Crippen LogP contribution in [-0.4, -0.2) is 84.6 Å². The Bertz CT molecular complexity index is 1450. The molecule has 1 atom stereocenters. The Morgan fingerprint density at radius 1 is 1.04 bits per heavy atom. The van der Waals surface area contributed by atoms with Gasteiger partial charge in [-0.3, -0.25) is 9.59 Å². The minimum Gasteiger partial charge on any atom is -0.493 e. The van der Waals surface area contributed by atoms with E-state index in [1.807, 2.05) is 32.0 Å². The molecular weight excluding hydrogens is 592 g/mol. The molecule has 0 aromatic heterocycles. The number of hydrogen-bond donors (Lipinski definition) is 0. The van der Waals surface area contributed by atoms with Gasteiger partial charge in [-0.05, 0) is 99.5 Å². The van der Waals surface area contributed by atoms with E-state index in [2.05, 4.69) is 23.8 Å². The molecule has 3 heterocycles. The maximum atomic E-state index is 13.8. The number of piperidine rings is 1. The van der Waals surface area contributed by atoms with E-state index in [4.69, 9.17) is 14.2 Å². The molecule has 1 saturated heterocycles. The maximum Gasteiger partial charge on any atom is 0.438 e. The van der Waals surface area contributed by atoms with Gasteiger partial charge in [0.25, 0.3) is 5.91 Å². The molecule has 2 aromatic rings. The van der Waals surface area contributed by atoms with E-state index in [9.17, 15) is 14.4 Å². The van der Waals surface area contributed by atoms with Gasteiger partial charge in [0, 0.05) is 24.3 Å². The highest BCUT2D eigenvalue weighted by Crippen LogP contribution is 2.42. The third kappa shape index (κ3) is 7.30. The van der Waals surface area contributed by atoms with Crippen molar-refractivity contribution in [3.8, 4) is 11.5 Å². The van der Waals surface area contributed by atoms with Gasteiger partial charge in [-0.2, -0.15) is 5.10 Å². The molecular formula is C34H44N4O6S. The molecule has 0 N–H and O–H groups in total. The molecule has 3 aliphatic rings. The van der Waals surface area contributed by atoms with Crippen LogP contribution in [0.1, 0.15) is 81.3 Å². The van der Waals surface area contributed by atoms with E-state index in [-0.39, 0.29) is 23.2 Å². The zero-order valence-electron chi connectivity index (χ0n) is 27.0. The van der Waals surface area contributed by atoms with Crippen molar-refractivity contribution in [2.75, 3.05) is 51.4 Å². The van der Waals surface area contributed by atoms with Crippen LogP contribution in [0.3, 0.4) is 0 Å². The van der Waals surface area contributed by atoms with Gasteiger partial charge in [-0.15, -0.1) is 5.01 Å². The predicted octanol–water partition coefficient (Wildman–Crippen LogP) is 6.70. The van der Waals surface area contributed by atoms with Gasteiger partial charge in [-0.25, -0.2) is 4.79 Å². The van der Waals surface area contributed by atoms with Crippen LogP contribution in [0.25, 0.3) is 0 Å². The molecule has 0 bridgehead atoms. The van der Waals surface area contributed by atoms with Crippen LogP contribution >= 0.6 is 11.8 Å². The molecule has 0 aliphatic carbocycles. The number of imide groups is 1. The first-order chi connectivity index (χ1) is 21.6. The summed E-state index contributed by atoms with van der Waals surface area (Å²) < 4.78 is 16.6. The Morgan fingerprint density at radius 3 is 2.56 bits per heavy atom. The normalized spacial score (nSPS) is 19.9. The van der Waals surface area contributed by atoms with Crippen molar-refractivity contribution in [3.63, 3.8) is 0 Å². The average Bonchev–Trinajstić information content (AvgIpc) is 3.03. The van der Waals surface area contributed by atoms with Gasteiger partial charge < -0.3 is 24.0 Å². The topological polar surface area (TPSA) is 101 Å². The summed E-state index contributed by atoms with van der Waals surface area (Å²) in [5.41, 5.74) is 3.53. The Hall–Kier alpha value is -3.57. The largest absolute Gasteiger partial charge is 0.493 e. The lowest BCUT2D eigenvalue weighted by Gasteiger charge is -2.39. The molecule has 242 valence electrons. The summed E-state index contributed by atoms with van der Waals surface area (Å²) in [7, 11) is 1.56. The minimum absolute atomic E-state index is 0.125. The number of fused-ring (bicyclic) bond motifs is 1. The van der Waals surface area contributed by atoms with Gasteiger partial charge in [0.1, 0.15) is 0 Å². The van der Waals surface area contributed by atoms with Gasteiger partial charge >= 0.3 is 11.3 Å². The van der Waals surface area contributed by atoms with E-state index in [0.29, 0.717) is 42.3 Å². The first kappa shape index (κ1) is 32.8. The second kappa shape index (κ2) is 14.2. The maximum absolute atomic E-state index is 13.8. The number of rotatable bonds is 9. The third-order valence-electron chi connectivity index (χ3n) is 8.74. The van der Waals surface area contributed by atoms with Crippen LogP contribution in [0, 0.1) is 0 Å². The van der Waals surface area contributed by atoms with Gasteiger partial charge in [0.15, 0.2) is 11.5 Å². The van der Waals surface area contributed by atoms with Crippen molar-refractivity contribution in [1.82, 2.24) is 9.91 Å². The van der Waals surface area contributed by atoms with Gasteiger partial charge in [0.2, 0.25) is 0 Å². The summed E-state index contributed by atoms with van der Waals surface area (Å²) in [4.78, 5) is 43.7. The van der Waals surface area contributed by atoms with Crippen LogP contribution in [0.2, 0.25) is 0 Å². The number of likely N-dealkylation sites (tertiary alicyclic amines) is 1. The summed E-state index contributed by atoms with van der Waals surface area (Å²) in [6.07, 6.45) is 4.41. The lowest BCUT2D eigenvalue weighted by atomic mass is 9.76. The summed E-state index contributed by atoms with van der Waals surface area (Å²) in [6, 6.07) is 11.1. The molecule has 10 nitrogen and oxygen atoms in total. The van der Waals surface area contributed by atoms with E-state index < -0.39 is 11.3 Å². The lowest BCUT2D eigenvalue weighted by molar-refractivity contribution is 0.0981. The van der Waals surface area contributed by atoms with Crippen LogP contribution in [-0.2, 0) is 10.2 Å².